The van der Waals surface area contributed by atoms with Crippen LogP contribution in [-0.4, -0.2) is 24.3 Å². The number of hydrogen-bond donors (Lipinski definition) is 1. The second kappa shape index (κ2) is 8.90. The average molecular weight is 372 g/mol. The van der Waals surface area contributed by atoms with Gasteiger partial charge in [0.15, 0.2) is 0 Å². The van der Waals surface area contributed by atoms with Crippen molar-refractivity contribution >= 4 is 5.97 Å². The number of ether oxygens (including phenoxy) is 2. The van der Waals surface area contributed by atoms with Crippen LogP contribution in [0, 0.1) is 12.3 Å². The SMILES string of the molecule is C#CC(O)Cc1ccc(-c2ccc(OC(=O)c3ccc(OC)cc3)cc2)cc1. The molecule has 3 rings (SSSR count). The van der Waals surface area contributed by atoms with E-state index < -0.39 is 12.1 Å². The van der Waals surface area contributed by atoms with Crippen LogP contribution in [0.4, 0.5) is 0 Å². The van der Waals surface area contributed by atoms with E-state index in [4.69, 9.17) is 15.9 Å². The Morgan fingerprint density at radius 2 is 1.46 bits per heavy atom. The third-order valence-corrected chi connectivity index (χ3v) is 4.30. The van der Waals surface area contributed by atoms with Crippen molar-refractivity contribution in [1.29, 1.82) is 0 Å². The largest absolute Gasteiger partial charge is 0.497 e. The Balaban J connectivity index is 1.66. The van der Waals surface area contributed by atoms with Crippen molar-refractivity contribution in [2.75, 3.05) is 7.11 Å². The lowest BCUT2D eigenvalue weighted by Crippen LogP contribution is -2.08. The molecule has 0 fully saturated rings. The van der Waals surface area contributed by atoms with Gasteiger partial charge in [0.05, 0.1) is 12.7 Å². The van der Waals surface area contributed by atoms with Crippen molar-refractivity contribution in [2.45, 2.75) is 12.5 Å². The van der Waals surface area contributed by atoms with E-state index in [1.807, 2.05) is 36.4 Å². The number of carbonyl (C=O) groups excluding carboxylic acids is 1. The van der Waals surface area contributed by atoms with Gasteiger partial charge < -0.3 is 14.6 Å². The van der Waals surface area contributed by atoms with Crippen LogP contribution in [0.2, 0.25) is 0 Å². The highest BCUT2D eigenvalue weighted by Crippen LogP contribution is 2.24. The Hall–Kier alpha value is -3.55. The number of carbonyl (C=O) groups is 1. The maximum atomic E-state index is 12.2. The molecule has 28 heavy (non-hydrogen) atoms. The molecular formula is C24H20O4. The summed E-state index contributed by atoms with van der Waals surface area (Å²) in [5.74, 6) is 3.03. The van der Waals surface area contributed by atoms with Gasteiger partial charge in [-0.05, 0) is 53.1 Å². The van der Waals surface area contributed by atoms with E-state index in [9.17, 15) is 9.90 Å². The molecule has 140 valence electrons. The fraction of sp³-hybridized carbons (Fsp3) is 0.125. The second-order valence-corrected chi connectivity index (χ2v) is 6.23. The molecule has 0 aliphatic heterocycles. The van der Waals surface area contributed by atoms with Crippen LogP contribution in [0.25, 0.3) is 11.1 Å². The van der Waals surface area contributed by atoms with E-state index in [0.29, 0.717) is 23.5 Å². The van der Waals surface area contributed by atoms with E-state index in [1.165, 1.54) is 0 Å². The van der Waals surface area contributed by atoms with Gasteiger partial charge >= 0.3 is 5.97 Å². The summed E-state index contributed by atoms with van der Waals surface area (Å²) in [5, 5.41) is 9.52. The molecule has 1 unspecified atom stereocenters. The molecule has 0 aliphatic rings. The minimum absolute atomic E-state index is 0.424. The monoisotopic (exact) mass is 372 g/mol. The first-order chi connectivity index (χ1) is 13.6. The fourth-order valence-electron chi connectivity index (χ4n) is 2.72. The topological polar surface area (TPSA) is 55.8 Å². The molecule has 0 heterocycles. The molecule has 0 aliphatic carbocycles. The van der Waals surface area contributed by atoms with Crippen molar-refractivity contribution in [2.24, 2.45) is 0 Å². The van der Waals surface area contributed by atoms with Gasteiger partial charge in [-0.25, -0.2) is 4.79 Å². The highest BCUT2D eigenvalue weighted by molar-refractivity contribution is 5.91. The Morgan fingerprint density at radius 3 is 2.00 bits per heavy atom. The Kier molecular flexibility index (Phi) is 6.11. The van der Waals surface area contributed by atoms with Gasteiger partial charge in [0, 0.05) is 6.42 Å². The molecule has 0 spiro atoms. The van der Waals surface area contributed by atoms with Gasteiger partial charge in [-0.2, -0.15) is 0 Å². The van der Waals surface area contributed by atoms with Crippen molar-refractivity contribution in [3.8, 4) is 35.0 Å². The number of benzene rings is 3. The number of aliphatic hydroxyl groups excluding tert-OH is 1. The van der Waals surface area contributed by atoms with E-state index in [2.05, 4.69) is 5.92 Å². The summed E-state index contributed by atoms with van der Waals surface area (Å²) in [4.78, 5) is 12.2. The third kappa shape index (κ3) is 4.79. The summed E-state index contributed by atoms with van der Waals surface area (Å²) in [6, 6.07) is 21.9. The molecule has 0 aromatic heterocycles. The van der Waals surface area contributed by atoms with Gasteiger partial charge in [-0.1, -0.05) is 42.3 Å². The number of methoxy groups -OCH3 is 1. The van der Waals surface area contributed by atoms with E-state index >= 15 is 0 Å². The standard InChI is InChI=1S/C24H20O4/c1-3-21(25)16-17-4-6-18(7-5-17)19-8-14-23(15-9-19)28-24(26)20-10-12-22(27-2)13-11-20/h1,4-15,21,25H,16H2,2H3. The van der Waals surface area contributed by atoms with Gasteiger partial charge in [0.2, 0.25) is 0 Å². The molecule has 0 radical (unpaired) electrons. The van der Waals surface area contributed by atoms with Gasteiger partial charge in [0.1, 0.15) is 17.6 Å². The summed E-state index contributed by atoms with van der Waals surface area (Å²) in [6.45, 7) is 0. The summed E-state index contributed by atoms with van der Waals surface area (Å²) >= 11 is 0. The molecule has 4 heteroatoms. The Bertz CT molecular complexity index is 965. The molecule has 1 N–H and O–H groups in total. The minimum Gasteiger partial charge on any atom is -0.497 e. The average Bonchev–Trinajstić information content (AvgIpc) is 2.75. The lowest BCUT2D eigenvalue weighted by Gasteiger charge is -2.08. The summed E-state index contributed by atoms with van der Waals surface area (Å²) in [7, 11) is 1.57. The highest BCUT2D eigenvalue weighted by atomic mass is 16.5. The third-order valence-electron chi connectivity index (χ3n) is 4.30. The van der Waals surface area contributed by atoms with Crippen LogP contribution >= 0.6 is 0 Å². The van der Waals surface area contributed by atoms with Gasteiger partial charge in [0.25, 0.3) is 0 Å². The zero-order valence-corrected chi connectivity index (χ0v) is 15.5. The predicted octanol–water partition coefficient (Wildman–Crippen LogP) is 4.12. The van der Waals surface area contributed by atoms with Crippen molar-refractivity contribution in [3.63, 3.8) is 0 Å². The molecule has 1 atom stereocenters. The van der Waals surface area contributed by atoms with Crippen molar-refractivity contribution < 1.29 is 19.4 Å². The van der Waals surface area contributed by atoms with Crippen LogP contribution in [-0.2, 0) is 6.42 Å². The number of hydrogen-bond acceptors (Lipinski definition) is 4. The lowest BCUT2D eigenvalue weighted by atomic mass is 10.0. The highest BCUT2D eigenvalue weighted by Gasteiger charge is 2.09. The maximum absolute atomic E-state index is 12.2. The van der Waals surface area contributed by atoms with Crippen molar-refractivity contribution in [3.05, 3.63) is 83.9 Å². The summed E-state index contributed by atoms with van der Waals surface area (Å²) in [6.07, 6.45) is 4.85. The van der Waals surface area contributed by atoms with E-state index in [1.54, 1.807) is 43.5 Å². The van der Waals surface area contributed by atoms with Crippen molar-refractivity contribution in [1.82, 2.24) is 0 Å². The molecule has 0 amide bonds. The first-order valence-electron chi connectivity index (χ1n) is 8.79. The fourth-order valence-corrected chi connectivity index (χ4v) is 2.72. The number of esters is 1. The smallest absolute Gasteiger partial charge is 0.343 e. The zero-order chi connectivity index (χ0) is 19.9. The summed E-state index contributed by atoms with van der Waals surface area (Å²) in [5.41, 5.74) is 3.44. The lowest BCUT2D eigenvalue weighted by molar-refractivity contribution is 0.0734. The van der Waals surface area contributed by atoms with Crippen LogP contribution < -0.4 is 9.47 Å². The zero-order valence-electron chi connectivity index (χ0n) is 15.5. The Morgan fingerprint density at radius 1 is 0.929 bits per heavy atom. The molecule has 4 nitrogen and oxygen atoms in total. The normalized spacial score (nSPS) is 11.3. The molecule has 3 aromatic rings. The number of aliphatic hydroxyl groups is 1. The molecular weight excluding hydrogens is 352 g/mol. The van der Waals surface area contributed by atoms with E-state index in [-0.39, 0.29) is 0 Å². The van der Waals surface area contributed by atoms with Crippen LogP contribution in [0.3, 0.4) is 0 Å². The Labute approximate surface area is 164 Å². The molecule has 0 bridgehead atoms. The minimum atomic E-state index is -0.773. The predicted molar refractivity (Wildman–Crippen MR) is 108 cm³/mol. The van der Waals surface area contributed by atoms with Gasteiger partial charge in [-0.15, -0.1) is 6.42 Å². The molecule has 3 aromatic carbocycles. The maximum Gasteiger partial charge on any atom is 0.343 e. The molecule has 0 saturated heterocycles. The first-order valence-corrected chi connectivity index (χ1v) is 8.79. The van der Waals surface area contributed by atoms with Gasteiger partial charge in [-0.3, -0.25) is 0 Å². The number of terminal acetylenes is 1. The van der Waals surface area contributed by atoms with E-state index in [0.717, 1.165) is 16.7 Å². The summed E-state index contributed by atoms with van der Waals surface area (Å²) < 4.78 is 10.5. The van der Waals surface area contributed by atoms with Crippen LogP contribution in [0.5, 0.6) is 11.5 Å². The van der Waals surface area contributed by atoms with Crippen LogP contribution in [0.1, 0.15) is 15.9 Å². The molecule has 0 saturated carbocycles. The first kappa shape index (κ1) is 19.2. The number of rotatable bonds is 6. The second-order valence-electron chi connectivity index (χ2n) is 6.23. The van der Waals surface area contributed by atoms with Crippen LogP contribution in [0.15, 0.2) is 72.8 Å². The quantitative estimate of drug-likeness (QED) is 0.402.